The number of esters is 1. The van der Waals surface area contributed by atoms with Crippen LogP contribution in [0.1, 0.15) is 20.8 Å². The Balaban J connectivity index is 1.70. The molecule has 0 saturated heterocycles. The fourth-order valence-corrected chi connectivity index (χ4v) is 4.05. The van der Waals surface area contributed by atoms with E-state index in [9.17, 15) is 4.79 Å². The number of nitrogens with zero attached hydrogens (tertiary/aromatic N) is 2. The lowest BCUT2D eigenvalue weighted by molar-refractivity contribution is 0.0601. The van der Waals surface area contributed by atoms with E-state index in [1.165, 1.54) is 18.4 Å². The highest BCUT2D eigenvalue weighted by molar-refractivity contribution is 7.16. The first-order valence-corrected chi connectivity index (χ1v) is 9.83. The maximum atomic E-state index is 12.3. The average molecular weight is 408 g/mol. The number of ether oxygens (including phenoxy) is 3. The van der Waals surface area contributed by atoms with Crippen LogP contribution in [0, 0.1) is 6.92 Å². The Bertz CT molecular complexity index is 1180. The van der Waals surface area contributed by atoms with Crippen molar-refractivity contribution in [2.75, 3.05) is 14.2 Å². The summed E-state index contributed by atoms with van der Waals surface area (Å²) in [5.74, 6) is 0.814. The van der Waals surface area contributed by atoms with Gasteiger partial charge in [-0.05, 0) is 30.2 Å². The molecule has 0 saturated carbocycles. The third kappa shape index (κ3) is 3.69. The maximum Gasteiger partial charge on any atom is 0.351 e. The van der Waals surface area contributed by atoms with Crippen molar-refractivity contribution in [3.63, 3.8) is 0 Å². The second-order valence-electron chi connectivity index (χ2n) is 6.45. The molecule has 0 fully saturated rings. The Hall–Kier alpha value is -3.32. The molecule has 4 aromatic rings. The predicted octanol–water partition coefficient (Wildman–Crippen LogP) is 4.77. The number of hydrogen-bond donors (Lipinski definition) is 0. The highest BCUT2D eigenvalue weighted by Gasteiger charge is 2.20. The fourth-order valence-electron chi connectivity index (χ4n) is 3.05. The number of carbonyl (C=O) groups is 1. The molecule has 29 heavy (non-hydrogen) atoms. The number of aryl methyl sites for hydroxylation is 1. The van der Waals surface area contributed by atoms with E-state index < -0.39 is 5.97 Å². The quantitative estimate of drug-likeness (QED) is 0.430. The van der Waals surface area contributed by atoms with Crippen LogP contribution in [-0.4, -0.2) is 29.7 Å². The number of imidazole rings is 1. The summed E-state index contributed by atoms with van der Waals surface area (Å²) in [6, 6.07) is 15.5. The summed E-state index contributed by atoms with van der Waals surface area (Å²) >= 11 is 1.31. The lowest BCUT2D eigenvalue weighted by Crippen LogP contribution is -2.03. The molecule has 0 atom stereocenters. The molecule has 0 N–H and O–H groups in total. The van der Waals surface area contributed by atoms with Crippen LogP contribution in [0.15, 0.2) is 54.9 Å². The van der Waals surface area contributed by atoms with Crippen LogP contribution in [0.5, 0.6) is 11.5 Å². The number of rotatable bonds is 6. The Labute approximate surface area is 172 Å². The summed E-state index contributed by atoms with van der Waals surface area (Å²) in [4.78, 5) is 17.2. The van der Waals surface area contributed by atoms with Crippen molar-refractivity contribution in [2.45, 2.75) is 13.5 Å². The van der Waals surface area contributed by atoms with Gasteiger partial charge in [-0.2, -0.15) is 0 Å². The lowest BCUT2D eigenvalue weighted by Gasteiger charge is -2.08. The molecule has 2 heterocycles. The highest BCUT2D eigenvalue weighted by atomic mass is 32.1. The van der Waals surface area contributed by atoms with E-state index in [0.29, 0.717) is 17.2 Å². The molecule has 0 spiro atoms. The molecule has 0 unspecified atom stereocenters. The topological polar surface area (TPSA) is 62.6 Å². The Morgan fingerprint density at radius 1 is 1.14 bits per heavy atom. The predicted molar refractivity (Wildman–Crippen MR) is 112 cm³/mol. The van der Waals surface area contributed by atoms with E-state index in [4.69, 9.17) is 14.2 Å². The molecular weight excluding hydrogens is 388 g/mol. The van der Waals surface area contributed by atoms with Crippen molar-refractivity contribution >= 4 is 28.3 Å². The number of carbonyl (C=O) groups excluding carboxylic acids is 1. The lowest BCUT2D eigenvalue weighted by atomic mass is 10.1. The van der Waals surface area contributed by atoms with Crippen LogP contribution < -0.4 is 9.47 Å². The van der Waals surface area contributed by atoms with E-state index in [1.54, 1.807) is 13.4 Å². The minimum Gasteiger partial charge on any atom is -0.497 e. The average Bonchev–Trinajstić information content (AvgIpc) is 3.36. The van der Waals surface area contributed by atoms with Gasteiger partial charge in [-0.25, -0.2) is 9.78 Å². The Kier molecular flexibility index (Phi) is 5.22. The molecule has 0 bridgehead atoms. The van der Waals surface area contributed by atoms with Crippen molar-refractivity contribution in [1.29, 1.82) is 0 Å². The van der Waals surface area contributed by atoms with Gasteiger partial charge >= 0.3 is 5.97 Å². The molecule has 2 aromatic heterocycles. The minimum atomic E-state index is -0.424. The van der Waals surface area contributed by atoms with Crippen LogP contribution in [0.25, 0.3) is 16.0 Å². The van der Waals surface area contributed by atoms with Crippen LogP contribution in [-0.2, 0) is 11.3 Å². The number of hydrogen-bond acceptors (Lipinski definition) is 6. The van der Waals surface area contributed by atoms with E-state index in [1.807, 2.05) is 60.0 Å². The van der Waals surface area contributed by atoms with Gasteiger partial charge in [0, 0.05) is 12.1 Å². The molecule has 6 nitrogen and oxygen atoms in total. The van der Waals surface area contributed by atoms with Gasteiger partial charge in [0.2, 0.25) is 0 Å². The summed E-state index contributed by atoms with van der Waals surface area (Å²) < 4.78 is 18.1. The van der Waals surface area contributed by atoms with Gasteiger partial charge < -0.3 is 14.2 Å². The van der Waals surface area contributed by atoms with Gasteiger partial charge in [0.05, 0.1) is 25.3 Å². The van der Waals surface area contributed by atoms with Crippen molar-refractivity contribution in [3.05, 3.63) is 70.9 Å². The molecule has 0 amide bonds. The largest absolute Gasteiger partial charge is 0.497 e. The molecule has 0 radical (unpaired) electrons. The molecule has 7 heteroatoms. The summed E-state index contributed by atoms with van der Waals surface area (Å²) in [6.45, 7) is 2.40. The molecule has 4 rings (SSSR count). The van der Waals surface area contributed by atoms with E-state index in [2.05, 4.69) is 4.98 Å². The summed E-state index contributed by atoms with van der Waals surface area (Å²) in [6.07, 6.45) is 1.72. The number of benzene rings is 2. The summed E-state index contributed by atoms with van der Waals surface area (Å²) in [5.41, 5.74) is 3.92. The standard InChI is InChI=1S/C22H20N2O4S/c1-14-6-4-5-7-15(14)12-28-19-11-20(29-21(19)22(25)27-3)24-13-23-17-10-16(26-2)8-9-18(17)24/h4-11,13H,12H2,1-3H3. The second-order valence-corrected chi connectivity index (χ2v) is 7.48. The molecule has 0 aliphatic heterocycles. The van der Waals surface area contributed by atoms with Crippen molar-refractivity contribution in [2.24, 2.45) is 0 Å². The zero-order valence-corrected chi connectivity index (χ0v) is 17.2. The monoisotopic (exact) mass is 408 g/mol. The smallest absolute Gasteiger partial charge is 0.351 e. The molecular formula is C22H20N2O4S. The van der Waals surface area contributed by atoms with Gasteiger partial charge in [-0.3, -0.25) is 4.57 Å². The van der Waals surface area contributed by atoms with Crippen LogP contribution in [0.3, 0.4) is 0 Å². The molecule has 2 aromatic carbocycles. The second kappa shape index (κ2) is 7.97. The third-order valence-corrected chi connectivity index (χ3v) is 5.79. The van der Waals surface area contributed by atoms with Crippen molar-refractivity contribution in [3.8, 4) is 16.5 Å². The van der Waals surface area contributed by atoms with Crippen LogP contribution in [0.4, 0.5) is 0 Å². The van der Waals surface area contributed by atoms with Gasteiger partial charge in [-0.15, -0.1) is 11.3 Å². The molecule has 148 valence electrons. The molecule has 0 aliphatic carbocycles. The Morgan fingerprint density at radius 3 is 2.72 bits per heavy atom. The number of aromatic nitrogens is 2. The van der Waals surface area contributed by atoms with Crippen LogP contribution >= 0.6 is 11.3 Å². The van der Waals surface area contributed by atoms with Gasteiger partial charge in [0.15, 0.2) is 4.88 Å². The summed E-state index contributed by atoms with van der Waals surface area (Å²) in [7, 11) is 2.99. The maximum absolute atomic E-state index is 12.3. The van der Waals surface area contributed by atoms with Crippen molar-refractivity contribution in [1.82, 2.24) is 9.55 Å². The van der Waals surface area contributed by atoms with E-state index in [0.717, 1.165) is 32.9 Å². The van der Waals surface area contributed by atoms with Gasteiger partial charge in [0.25, 0.3) is 0 Å². The highest BCUT2D eigenvalue weighted by Crippen LogP contribution is 2.35. The first-order chi connectivity index (χ1) is 14.1. The normalized spacial score (nSPS) is 10.9. The van der Waals surface area contributed by atoms with Crippen LogP contribution in [0.2, 0.25) is 0 Å². The Morgan fingerprint density at radius 2 is 1.97 bits per heavy atom. The fraction of sp³-hybridized carbons (Fsp3) is 0.182. The molecule has 0 aliphatic rings. The zero-order valence-electron chi connectivity index (χ0n) is 16.3. The SMILES string of the molecule is COC(=O)c1sc(-n2cnc3cc(OC)ccc32)cc1OCc1ccccc1C. The number of thiophene rings is 1. The van der Waals surface area contributed by atoms with Gasteiger partial charge in [0.1, 0.15) is 29.4 Å². The van der Waals surface area contributed by atoms with Gasteiger partial charge in [-0.1, -0.05) is 24.3 Å². The minimum absolute atomic E-state index is 0.370. The van der Waals surface area contributed by atoms with E-state index in [-0.39, 0.29) is 0 Å². The van der Waals surface area contributed by atoms with E-state index >= 15 is 0 Å². The first-order valence-electron chi connectivity index (χ1n) is 9.01. The first kappa shape index (κ1) is 19.0. The summed E-state index contributed by atoms with van der Waals surface area (Å²) in [5, 5.41) is 0.817. The number of methoxy groups -OCH3 is 2. The van der Waals surface area contributed by atoms with Crippen molar-refractivity contribution < 1.29 is 19.0 Å². The number of fused-ring (bicyclic) bond motifs is 1. The third-order valence-electron chi connectivity index (χ3n) is 4.69. The zero-order chi connectivity index (χ0) is 20.4.